The molecule has 12 aromatic rings. The fraction of sp³-hybridized carbons (Fsp3) is 0. The van der Waals surface area contributed by atoms with Crippen molar-refractivity contribution in [1.29, 1.82) is 0 Å². The van der Waals surface area contributed by atoms with Gasteiger partial charge in [-0.05, 0) is 108 Å². The molecule has 2 nitrogen and oxygen atoms in total. The molecule has 10 aromatic carbocycles. The van der Waals surface area contributed by atoms with Crippen LogP contribution in [-0.4, -0.2) is 9.55 Å². The van der Waals surface area contributed by atoms with Crippen molar-refractivity contribution in [3.63, 3.8) is 0 Å². The molecule has 61 heavy (non-hydrogen) atoms. The lowest BCUT2D eigenvalue weighted by molar-refractivity contribution is 1.18. The molecule has 0 unspecified atom stereocenters. The van der Waals surface area contributed by atoms with Gasteiger partial charge in [0, 0.05) is 27.6 Å². The molecule has 0 aliphatic rings. The molecular formula is C59H38N2. The van der Waals surface area contributed by atoms with Crippen LogP contribution in [-0.2, 0) is 0 Å². The first-order chi connectivity index (χ1) is 30.2. The van der Waals surface area contributed by atoms with E-state index in [0.29, 0.717) is 0 Å². The molecule has 0 saturated carbocycles. The molecule has 0 aliphatic carbocycles. The van der Waals surface area contributed by atoms with Gasteiger partial charge in [0.25, 0.3) is 0 Å². The van der Waals surface area contributed by atoms with Crippen molar-refractivity contribution in [3.05, 3.63) is 231 Å². The number of pyridine rings is 1. The Morgan fingerprint density at radius 1 is 0.262 bits per heavy atom. The second-order valence-electron chi connectivity index (χ2n) is 15.9. The van der Waals surface area contributed by atoms with Gasteiger partial charge in [-0.25, -0.2) is 4.98 Å². The van der Waals surface area contributed by atoms with E-state index in [1.54, 1.807) is 0 Å². The zero-order valence-electron chi connectivity index (χ0n) is 33.3. The molecule has 0 fully saturated rings. The smallest absolute Gasteiger partial charge is 0.0722 e. The van der Waals surface area contributed by atoms with Crippen molar-refractivity contribution >= 4 is 54.1 Å². The number of aromatic nitrogens is 2. The highest BCUT2D eigenvalue weighted by Crippen LogP contribution is 2.43. The first-order valence-corrected chi connectivity index (χ1v) is 21.0. The van der Waals surface area contributed by atoms with Crippen molar-refractivity contribution in [2.75, 3.05) is 0 Å². The molecule has 0 N–H and O–H groups in total. The fourth-order valence-corrected chi connectivity index (χ4v) is 9.48. The first-order valence-electron chi connectivity index (χ1n) is 21.0. The summed E-state index contributed by atoms with van der Waals surface area (Å²) in [5.41, 5.74) is 14.8. The summed E-state index contributed by atoms with van der Waals surface area (Å²) in [5.74, 6) is 0. The average Bonchev–Trinajstić information content (AvgIpc) is 3.68. The highest BCUT2D eigenvalue weighted by molar-refractivity contribution is 6.29. The van der Waals surface area contributed by atoms with Crippen molar-refractivity contribution < 1.29 is 0 Å². The minimum absolute atomic E-state index is 0.960. The molecule has 2 aromatic heterocycles. The zero-order chi connectivity index (χ0) is 40.3. The number of nitrogens with zero attached hydrogens (tertiary/aromatic N) is 2. The molecule has 12 rings (SSSR count). The highest BCUT2D eigenvalue weighted by Gasteiger charge is 2.18. The Kier molecular flexibility index (Phi) is 8.21. The summed E-state index contributed by atoms with van der Waals surface area (Å²) in [7, 11) is 0. The predicted octanol–water partition coefficient (Wildman–Crippen LogP) is 16.0. The summed E-state index contributed by atoms with van der Waals surface area (Å²) in [5, 5.41) is 9.87. The molecular weight excluding hydrogens is 737 g/mol. The van der Waals surface area contributed by atoms with Crippen LogP contribution in [0.1, 0.15) is 0 Å². The average molecular weight is 775 g/mol. The SMILES string of the molecule is c1ccc(-c2ccc(-n3c4ccccc4c4ccc(-c5ccc6c(c5)c5ccccc5c5cccc(-c7cc(-c8ccccc8)cc(-c8ccccc8)n7)c56)cc43)cc2)cc1. The van der Waals surface area contributed by atoms with Gasteiger partial charge in [0.05, 0.1) is 22.4 Å². The van der Waals surface area contributed by atoms with E-state index < -0.39 is 0 Å². The van der Waals surface area contributed by atoms with Crippen LogP contribution >= 0.6 is 0 Å². The Morgan fingerprint density at radius 2 is 0.754 bits per heavy atom. The summed E-state index contributed by atoms with van der Waals surface area (Å²) in [6, 6.07) is 83.5. The van der Waals surface area contributed by atoms with Crippen LogP contribution in [0.25, 0.3) is 116 Å². The van der Waals surface area contributed by atoms with Crippen molar-refractivity contribution in [3.8, 4) is 61.6 Å². The Balaban J connectivity index is 1.06. The molecule has 284 valence electrons. The van der Waals surface area contributed by atoms with E-state index in [1.807, 2.05) is 0 Å². The fourth-order valence-electron chi connectivity index (χ4n) is 9.48. The molecule has 0 saturated heterocycles. The third-order valence-corrected chi connectivity index (χ3v) is 12.4. The van der Waals surface area contributed by atoms with Gasteiger partial charge in [0.15, 0.2) is 0 Å². The monoisotopic (exact) mass is 774 g/mol. The number of fused-ring (bicyclic) bond motifs is 9. The molecule has 2 heterocycles. The van der Waals surface area contributed by atoms with Crippen molar-refractivity contribution in [2.24, 2.45) is 0 Å². The molecule has 0 amide bonds. The number of hydrogen-bond donors (Lipinski definition) is 0. The van der Waals surface area contributed by atoms with Gasteiger partial charge in [-0.3, -0.25) is 0 Å². The summed E-state index contributed by atoms with van der Waals surface area (Å²) in [6.45, 7) is 0. The second-order valence-corrected chi connectivity index (χ2v) is 15.9. The first kappa shape index (κ1) is 34.9. The Morgan fingerprint density at radius 3 is 1.48 bits per heavy atom. The summed E-state index contributed by atoms with van der Waals surface area (Å²) >= 11 is 0. The lowest BCUT2D eigenvalue weighted by Crippen LogP contribution is -1.94. The van der Waals surface area contributed by atoms with Crippen LogP contribution in [0.3, 0.4) is 0 Å². The minimum Gasteiger partial charge on any atom is -0.309 e. The van der Waals surface area contributed by atoms with E-state index in [0.717, 1.165) is 33.8 Å². The molecule has 2 heteroatoms. The molecule has 0 radical (unpaired) electrons. The van der Waals surface area contributed by atoms with E-state index >= 15 is 0 Å². The lowest BCUT2D eigenvalue weighted by atomic mass is 9.88. The lowest BCUT2D eigenvalue weighted by Gasteiger charge is -2.16. The summed E-state index contributed by atoms with van der Waals surface area (Å²) in [4.78, 5) is 5.40. The zero-order valence-corrected chi connectivity index (χ0v) is 33.3. The number of para-hydroxylation sites is 1. The third kappa shape index (κ3) is 5.92. The molecule has 0 bridgehead atoms. The summed E-state index contributed by atoms with van der Waals surface area (Å²) < 4.78 is 2.42. The molecule has 0 atom stereocenters. The summed E-state index contributed by atoms with van der Waals surface area (Å²) in [6.07, 6.45) is 0. The topological polar surface area (TPSA) is 17.8 Å². The largest absolute Gasteiger partial charge is 0.309 e. The van der Waals surface area contributed by atoms with Gasteiger partial charge in [-0.1, -0.05) is 188 Å². The highest BCUT2D eigenvalue weighted by atomic mass is 15.0. The molecule has 0 aliphatic heterocycles. The number of hydrogen-bond acceptors (Lipinski definition) is 1. The van der Waals surface area contributed by atoms with Gasteiger partial charge >= 0.3 is 0 Å². The van der Waals surface area contributed by atoms with Gasteiger partial charge in [-0.15, -0.1) is 0 Å². The van der Waals surface area contributed by atoms with Crippen LogP contribution in [0.5, 0.6) is 0 Å². The van der Waals surface area contributed by atoms with Crippen LogP contribution in [0.15, 0.2) is 231 Å². The van der Waals surface area contributed by atoms with Gasteiger partial charge in [-0.2, -0.15) is 0 Å². The van der Waals surface area contributed by atoms with E-state index in [1.165, 1.54) is 81.9 Å². The second kappa shape index (κ2) is 14.3. The van der Waals surface area contributed by atoms with Gasteiger partial charge in [0.1, 0.15) is 0 Å². The van der Waals surface area contributed by atoms with Crippen LogP contribution < -0.4 is 0 Å². The Labute approximate surface area is 354 Å². The van der Waals surface area contributed by atoms with Crippen LogP contribution in [0.4, 0.5) is 0 Å². The van der Waals surface area contributed by atoms with Crippen molar-refractivity contribution in [1.82, 2.24) is 9.55 Å². The Bertz CT molecular complexity index is 3550. The van der Waals surface area contributed by atoms with Crippen LogP contribution in [0.2, 0.25) is 0 Å². The van der Waals surface area contributed by atoms with E-state index in [4.69, 9.17) is 4.98 Å². The minimum atomic E-state index is 0.960. The maximum absolute atomic E-state index is 5.40. The quantitative estimate of drug-likeness (QED) is 0.154. The normalized spacial score (nSPS) is 11.6. The van der Waals surface area contributed by atoms with E-state index in [2.05, 4.69) is 235 Å². The maximum atomic E-state index is 5.40. The number of rotatable bonds is 6. The Hall–Kier alpha value is -8.07. The predicted molar refractivity (Wildman–Crippen MR) is 258 cm³/mol. The van der Waals surface area contributed by atoms with Gasteiger partial charge in [0.2, 0.25) is 0 Å². The van der Waals surface area contributed by atoms with Crippen LogP contribution in [0, 0.1) is 0 Å². The third-order valence-electron chi connectivity index (χ3n) is 12.4. The van der Waals surface area contributed by atoms with E-state index in [-0.39, 0.29) is 0 Å². The number of benzene rings is 10. The molecule has 0 spiro atoms. The maximum Gasteiger partial charge on any atom is 0.0722 e. The van der Waals surface area contributed by atoms with Gasteiger partial charge < -0.3 is 4.57 Å². The standard InChI is InChI=1S/C59H38N2/c1-4-15-39(16-5-1)41-27-31-46(32-28-41)61-57-26-13-12-23-49(57)50-33-29-44(38-58(50)61)43-30-34-52-54(35-43)48-22-11-10-21-47(48)51-24-14-25-53(59(51)52)56-37-45(40-17-6-2-7-18-40)36-55(60-56)42-19-8-3-9-20-42/h1-38H. The van der Waals surface area contributed by atoms with E-state index in [9.17, 15) is 0 Å². The van der Waals surface area contributed by atoms with Crippen molar-refractivity contribution in [2.45, 2.75) is 0 Å².